The number of hydrogen-bond acceptors (Lipinski definition) is 6. The lowest BCUT2D eigenvalue weighted by Gasteiger charge is -2.24. The SMILES string of the molecule is CN(C)CCN(Cc1ccccc1F)C(=O)CCc1nc(-c2ccsc2)no1. The van der Waals surface area contributed by atoms with Gasteiger partial charge in [0.25, 0.3) is 0 Å². The first-order chi connectivity index (χ1) is 13.5. The Morgan fingerprint density at radius 3 is 2.75 bits per heavy atom. The molecule has 0 spiro atoms. The number of halogens is 1. The molecular formula is C20H23FN4O2S. The number of carbonyl (C=O) groups excluding carboxylic acids is 1. The third-order valence-electron chi connectivity index (χ3n) is 4.29. The Bertz CT molecular complexity index is 895. The van der Waals surface area contributed by atoms with E-state index in [4.69, 9.17) is 4.52 Å². The Labute approximate surface area is 167 Å². The van der Waals surface area contributed by atoms with Gasteiger partial charge in [-0.3, -0.25) is 4.79 Å². The van der Waals surface area contributed by atoms with Crippen LogP contribution in [0, 0.1) is 5.82 Å². The smallest absolute Gasteiger partial charge is 0.227 e. The van der Waals surface area contributed by atoms with E-state index in [0.717, 1.165) is 5.56 Å². The molecule has 1 aromatic carbocycles. The van der Waals surface area contributed by atoms with Crippen LogP contribution in [0.1, 0.15) is 17.9 Å². The number of amides is 1. The highest BCUT2D eigenvalue weighted by molar-refractivity contribution is 7.08. The molecule has 1 amide bonds. The van der Waals surface area contributed by atoms with Gasteiger partial charge >= 0.3 is 0 Å². The lowest BCUT2D eigenvalue weighted by Crippen LogP contribution is -2.36. The topological polar surface area (TPSA) is 62.5 Å². The molecule has 0 saturated heterocycles. The third-order valence-corrected chi connectivity index (χ3v) is 4.97. The fraction of sp³-hybridized carbons (Fsp3) is 0.350. The predicted molar refractivity (Wildman–Crippen MR) is 106 cm³/mol. The summed E-state index contributed by atoms with van der Waals surface area (Å²) in [6, 6.07) is 8.45. The minimum absolute atomic E-state index is 0.0691. The van der Waals surface area contributed by atoms with Gasteiger partial charge in [0.15, 0.2) is 0 Å². The minimum Gasteiger partial charge on any atom is -0.339 e. The van der Waals surface area contributed by atoms with Gasteiger partial charge in [-0.1, -0.05) is 23.4 Å². The number of likely N-dealkylation sites (N-methyl/N-ethyl adjacent to an activating group) is 1. The lowest BCUT2D eigenvalue weighted by atomic mass is 10.2. The van der Waals surface area contributed by atoms with Gasteiger partial charge in [-0.2, -0.15) is 16.3 Å². The van der Waals surface area contributed by atoms with Crippen LogP contribution in [0.15, 0.2) is 45.6 Å². The average Bonchev–Trinajstić information content (AvgIpc) is 3.36. The van der Waals surface area contributed by atoms with E-state index in [1.165, 1.54) is 6.07 Å². The van der Waals surface area contributed by atoms with Crippen LogP contribution in [0.3, 0.4) is 0 Å². The normalized spacial score (nSPS) is 11.1. The zero-order chi connectivity index (χ0) is 19.9. The van der Waals surface area contributed by atoms with Gasteiger partial charge in [-0.05, 0) is 31.6 Å². The molecule has 3 rings (SSSR count). The Kier molecular flexibility index (Phi) is 6.89. The van der Waals surface area contributed by atoms with Crippen molar-refractivity contribution < 1.29 is 13.7 Å². The summed E-state index contributed by atoms with van der Waals surface area (Å²) in [4.78, 5) is 20.8. The Morgan fingerprint density at radius 1 is 1.21 bits per heavy atom. The van der Waals surface area contributed by atoms with E-state index >= 15 is 0 Å². The first-order valence-corrected chi connectivity index (χ1v) is 9.98. The van der Waals surface area contributed by atoms with Gasteiger partial charge < -0.3 is 14.3 Å². The predicted octanol–water partition coefficient (Wildman–Crippen LogP) is 3.46. The summed E-state index contributed by atoms with van der Waals surface area (Å²) >= 11 is 1.56. The highest BCUT2D eigenvalue weighted by Gasteiger charge is 2.18. The maximum Gasteiger partial charge on any atom is 0.227 e. The highest BCUT2D eigenvalue weighted by atomic mass is 32.1. The van der Waals surface area contributed by atoms with Crippen LogP contribution in [0.4, 0.5) is 4.39 Å². The second kappa shape index (κ2) is 9.57. The molecule has 0 fully saturated rings. The van der Waals surface area contributed by atoms with E-state index in [1.807, 2.05) is 35.8 Å². The van der Waals surface area contributed by atoms with Crippen LogP contribution in [-0.2, 0) is 17.8 Å². The number of hydrogen-bond donors (Lipinski definition) is 0. The van der Waals surface area contributed by atoms with Crippen LogP contribution in [0.5, 0.6) is 0 Å². The number of benzene rings is 1. The molecule has 0 saturated carbocycles. The van der Waals surface area contributed by atoms with Crippen molar-refractivity contribution in [2.45, 2.75) is 19.4 Å². The van der Waals surface area contributed by atoms with Crippen molar-refractivity contribution in [2.24, 2.45) is 0 Å². The van der Waals surface area contributed by atoms with Gasteiger partial charge in [-0.25, -0.2) is 4.39 Å². The van der Waals surface area contributed by atoms with E-state index in [9.17, 15) is 9.18 Å². The summed E-state index contributed by atoms with van der Waals surface area (Å²) in [5.74, 6) is 0.579. The molecule has 0 bridgehead atoms. The number of aromatic nitrogens is 2. The lowest BCUT2D eigenvalue weighted by molar-refractivity contribution is -0.132. The zero-order valence-corrected chi connectivity index (χ0v) is 16.8. The third kappa shape index (κ3) is 5.46. The molecule has 0 N–H and O–H groups in total. The van der Waals surface area contributed by atoms with Gasteiger partial charge in [0.1, 0.15) is 5.82 Å². The summed E-state index contributed by atoms with van der Waals surface area (Å²) in [5, 5.41) is 7.85. The van der Waals surface area contributed by atoms with Gasteiger partial charge in [0.2, 0.25) is 17.6 Å². The maximum absolute atomic E-state index is 14.0. The molecule has 0 radical (unpaired) electrons. The van der Waals surface area contributed by atoms with Crippen molar-refractivity contribution in [2.75, 3.05) is 27.2 Å². The van der Waals surface area contributed by atoms with E-state index in [0.29, 0.717) is 36.8 Å². The van der Waals surface area contributed by atoms with Gasteiger partial charge in [0, 0.05) is 49.0 Å². The zero-order valence-electron chi connectivity index (χ0n) is 16.0. The van der Waals surface area contributed by atoms with Crippen molar-refractivity contribution in [3.8, 4) is 11.4 Å². The molecule has 0 aliphatic carbocycles. The Hall–Kier alpha value is -2.58. The molecule has 0 aliphatic heterocycles. The fourth-order valence-corrected chi connectivity index (χ4v) is 3.32. The molecule has 3 aromatic rings. The fourth-order valence-electron chi connectivity index (χ4n) is 2.68. The molecule has 0 unspecified atom stereocenters. The van der Waals surface area contributed by atoms with E-state index in [2.05, 4.69) is 10.1 Å². The number of nitrogens with zero attached hydrogens (tertiary/aromatic N) is 4. The Morgan fingerprint density at radius 2 is 2.04 bits per heavy atom. The van der Waals surface area contributed by atoms with Crippen molar-refractivity contribution in [3.05, 3.63) is 58.4 Å². The summed E-state index contributed by atoms with van der Waals surface area (Å²) in [6.45, 7) is 1.45. The summed E-state index contributed by atoms with van der Waals surface area (Å²) < 4.78 is 19.3. The van der Waals surface area contributed by atoms with Gasteiger partial charge in [-0.15, -0.1) is 0 Å². The molecule has 8 heteroatoms. The standard InChI is InChI=1S/C20H23FN4O2S/c1-24(2)10-11-25(13-15-5-3-4-6-17(15)21)19(26)8-7-18-22-20(23-27-18)16-9-12-28-14-16/h3-6,9,12,14H,7-8,10-11,13H2,1-2H3. The summed E-state index contributed by atoms with van der Waals surface area (Å²) in [7, 11) is 3.88. The first kappa shape index (κ1) is 20.2. The number of carbonyl (C=O) groups is 1. The van der Waals surface area contributed by atoms with Crippen LogP contribution < -0.4 is 0 Å². The van der Waals surface area contributed by atoms with Gasteiger partial charge in [0.05, 0.1) is 0 Å². The van der Waals surface area contributed by atoms with Crippen LogP contribution in [-0.4, -0.2) is 53.0 Å². The molecule has 0 aliphatic rings. The molecular weight excluding hydrogens is 379 g/mol. The molecule has 148 valence electrons. The monoisotopic (exact) mass is 402 g/mol. The molecule has 28 heavy (non-hydrogen) atoms. The van der Waals surface area contributed by atoms with E-state index in [1.54, 1.807) is 34.4 Å². The summed E-state index contributed by atoms with van der Waals surface area (Å²) in [5.41, 5.74) is 1.41. The van der Waals surface area contributed by atoms with Crippen molar-refractivity contribution in [1.82, 2.24) is 19.9 Å². The summed E-state index contributed by atoms with van der Waals surface area (Å²) in [6.07, 6.45) is 0.582. The van der Waals surface area contributed by atoms with Crippen molar-refractivity contribution in [1.29, 1.82) is 0 Å². The molecule has 0 atom stereocenters. The number of thiophene rings is 1. The van der Waals surface area contributed by atoms with E-state index < -0.39 is 0 Å². The minimum atomic E-state index is -0.303. The first-order valence-electron chi connectivity index (χ1n) is 9.04. The molecule has 2 heterocycles. The Balaban J connectivity index is 1.62. The number of rotatable bonds is 9. The quantitative estimate of drug-likeness (QED) is 0.549. The largest absolute Gasteiger partial charge is 0.339 e. The van der Waals surface area contributed by atoms with E-state index in [-0.39, 0.29) is 24.7 Å². The molecule has 2 aromatic heterocycles. The van der Waals surface area contributed by atoms with Crippen molar-refractivity contribution >= 4 is 17.2 Å². The van der Waals surface area contributed by atoms with Crippen LogP contribution >= 0.6 is 11.3 Å². The number of aryl methyl sites for hydroxylation is 1. The second-order valence-electron chi connectivity index (χ2n) is 6.73. The second-order valence-corrected chi connectivity index (χ2v) is 7.51. The van der Waals surface area contributed by atoms with Crippen LogP contribution in [0.25, 0.3) is 11.4 Å². The van der Waals surface area contributed by atoms with Crippen molar-refractivity contribution in [3.63, 3.8) is 0 Å². The average molecular weight is 402 g/mol. The highest BCUT2D eigenvalue weighted by Crippen LogP contribution is 2.19. The molecule has 6 nitrogen and oxygen atoms in total. The maximum atomic E-state index is 14.0. The van der Waals surface area contributed by atoms with Crippen LogP contribution in [0.2, 0.25) is 0 Å².